The van der Waals surface area contributed by atoms with E-state index in [1.165, 1.54) is 6.42 Å². The third-order valence-electron chi connectivity index (χ3n) is 2.54. The molecular formula is C9H19NO5S2. The zero-order valence-corrected chi connectivity index (χ0v) is 11.5. The number of sulfonamides is 2. The van der Waals surface area contributed by atoms with Crippen LogP contribution in [0.15, 0.2) is 0 Å². The Morgan fingerprint density at radius 2 is 1.71 bits per heavy atom. The lowest BCUT2D eigenvalue weighted by Gasteiger charge is -2.21. The van der Waals surface area contributed by atoms with E-state index >= 15 is 0 Å². The van der Waals surface area contributed by atoms with Crippen molar-refractivity contribution in [1.29, 1.82) is 0 Å². The van der Waals surface area contributed by atoms with E-state index in [0.29, 0.717) is 0 Å². The maximum Gasteiger partial charge on any atom is 0.226 e. The van der Waals surface area contributed by atoms with E-state index in [1.54, 1.807) is 4.13 Å². The van der Waals surface area contributed by atoms with Crippen LogP contribution in [-0.4, -0.2) is 41.6 Å². The Morgan fingerprint density at radius 3 is 2.24 bits per heavy atom. The summed E-state index contributed by atoms with van der Waals surface area (Å²) in [6.07, 6.45) is 6.27. The molecule has 1 N–H and O–H groups in total. The first kappa shape index (κ1) is 14.9. The van der Waals surface area contributed by atoms with Crippen LogP contribution in [0, 0.1) is 0 Å². The summed E-state index contributed by atoms with van der Waals surface area (Å²) in [6, 6.07) is 0. The van der Waals surface area contributed by atoms with Gasteiger partial charge in [0.2, 0.25) is 20.0 Å². The second-order valence-corrected chi connectivity index (χ2v) is 8.15. The summed E-state index contributed by atoms with van der Waals surface area (Å²) in [6.45, 7) is 0.0372. The quantitative estimate of drug-likeness (QED) is 0.753. The van der Waals surface area contributed by atoms with Gasteiger partial charge in [-0.2, -0.15) is 0 Å². The van der Waals surface area contributed by atoms with E-state index in [1.807, 2.05) is 0 Å². The third kappa shape index (κ3) is 6.97. The zero-order valence-electron chi connectivity index (χ0n) is 9.88. The van der Waals surface area contributed by atoms with Gasteiger partial charge in [0.05, 0.1) is 24.7 Å². The SMILES string of the molecule is CS(=O)(=O)NS(=O)(=O)CCOC1CCCCC1. The molecule has 0 heterocycles. The van der Waals surface area contributed by atoms with Gasteiger partial charge in [0, 0.05) is 0 Å². The van der Waals surface area contributed by atoms with Crippen molar-refractivity contribution in [2.24, 2.45) is 0 Å². The van der Waals surface area contributed by atoms with Crippen molar-refractivity contribution < 1.29 is 21.6 Å². The lowest BCUT2D eigenvalue weighted by atomic mass is 9.98. The number of ether oxygens (including phenoxy) is 1. The summed E-state index contributed by atoms with van der Waals surface area (Å²) >= 11 is 0. The highest BCUT2D eigenvalue weighted by Gasteiger charge is 2.18. The number of hydrogen-bond donors (Lipinski definition) is 1. The molecule has 6 nitrogen and oxygen atoms in total. The number of rotatable bonds is 6. The minimum absolute atomic E-state index is 0.0372. The first-order chi connectivity index (χ1) is 7.79. The lowest BCUT2D eigenvalue weighted by Crippen LogP contribution is -2.33. The lowest BCUT2D eigenvalue weighted by molar-refractivity contribution is 0.0379. The molecule has 1 aliphatic carbocycles. The van der Waals surface area contributed by atoms with Crippen LogP contribution in [0.1, 0.15) is 32.1 Å². The normalized spacial score (nSPS) is 19.4. The van der Waals surface area contributed by atoms with Crippen LogP contribution < -0.4 is 4.13 Å². The Kier molecular flexibility index (Phi) is 5.36. The van der Waals surface area contributed by atoms with Crippen molar-refractivity contribution in [3.63, 3.8) is 0 Å². The maximum atomic E-state index is 11.3. The fourth-order valence-corrected chi connectivity index (χ4v) is 4.32. The molecule has 0 unspecified atom stereocenters. The Balaban J connectivity index is 2.30. The van der Waals surface area contributed by atoms with Gasteiger partial charge >= 0.3 is 0 Å². The van der Waals surface area contributed by atoms with Gasteiger partial charge in [0.15, 0.2) is 0 Å². The second kappa shape index (κ2) is 6.12. The van der Waals surface area contributed by atoms with Crippen LogP contribution in [-0.2, 0) is 24.8 Å². The zero-order chi connectivity index (χ0) is 12.9. The predicted molar refractivity (Wildman–Crippen MR) is 64.6 cm³/mol. The first-order valence-corrected chi connectivity index (χ1v) is 9.16. The van der Waals surface area contributed by atoms with Crippen molar-refractivity contribution in [3.8, 4) is 0 Å². The fourth-order valence-electron chi connectivity index (χ4n) is 1.83. The molecule has 0 saturated heterocycles. The van der Waals surface area contributed by atoms with Gasteiger partial charge in [-0.1, -0.05) is 19.3 Å². The number of nitrogens with one attached hydrogen (secondary N) is 1. The summed E-state index contributed by atoms with van der Waals surface area (Å²) in [5.74, 6) is -0.323. The minimum Gasteiger partial charge on any atom is -0.377 e. The van der Waals surface area contributed by atoms with Crippen molar-refractivity contribution in [3.05, 3.63) is 0 Å². The van der Waals surface area contributed by atoms with Crippen molar-refractivity contribution >= 4 is 20.0 Å². The topological polar surface area (TPSA) is 89.5 Å². The van der Waals surface area contributed by atoms with Crippen molar-refractivity contribution in [2.45, 2.75) is 38.2 Å². The highest BCUT2D eigenvalue weighted by molar-refractivity contribution is 8.04. The summed E-state index contributed by atoms with van der Waals surface area (Å²) in [4.78, 5) is 0. The molecular weight excluding hydrogens is 266 g/mol. The predicted octanol–water partition coefficient (Wildman–Crippen LogP) is 0.215. The molecule has 0 aromatic carbocycles. The van der Waals surface area contributed by atoms with E-state index in [9.17, 15) is 16.8 Å². The fraction of sp³-hybridized carbons (Fsp3) is 1.00. The summed E-state index contributed by atoms with van der Waals surface area (Å²) in [5.41, 5.74) is 0. The van der Waals surface area contributed by atoms with E-state index in [0.717, 1.165) is 31.9 Å². The van der Waals surface area contributed by atoms with Crippen LogP contribution in [0.3, 0.4) is 0 Å². The van der Waals surface area contributed by atoms with Gasteiger partial charge in [-0.25, -0.2) is 16.8 Å². The van der Waals surface area contributed by atoms with Crippen LogP contribution >= 0.6 is 0 Å². The van der Waals surface area contributed by atoms with E-state index in [2.05, 4.69) is 0 Å². The molecule has 17 heavy (non-hydrogen) atoms. The summed E-state index contributed by atoms with van der Waals surface area (Å²) in [7, 11) is -7.53. The molecule has 0 atom stereocenters. The number of hydrogen-bond acceptors (Lipinski definition) is 5. The standard InChI is InChI=1S/C9H19NO5S2/c1-16(11,12)10-17(13,14)8-7-15-9-5-3-2-4-6-9/h9-10H,2-8H2,1H3. The van der Waals surface area contributed by atoms with E-state index < -0.39 is 20.0 Å². The molecule has 0 bridgehead atoms. The van der Waals surface area contributed by atoms with Gasteiger partial charge in [-0.05, 0) is 12.8 Å². The van der Waals surface area contributed by atoms with Crippen molar-refractivity contribution in [2.75, 3.05) is 18.6 Å². The molecule has 0 radical (unpaired) electrons. The molecule has 0 aromatic rings. The molecule has 1 fully saturated rings. The highest BCUT2D eigenvalue weighted by Crippen LogP contribution is 2.20. The molecule has 0 amide bonds. The van der Waals surface area contributed by atoms with Crippen LogP contribution in [0.25, 0.3) is 0 Å². The van der Waals surface area contributed by atoms with Crippen molar-refractivity contribution in [1.82, 2.24) is 4.13 Å². The summed E-state index contributed by atoms with van der Waals surface area (Å²) < 4.78 is 51.2. The van der Waals surface area contributed by atoms with Gasteiger partial charge < -0.3 is 4.74 Å². The Hall–Kier alpha value is -0.180. The molecule has 8 heteroatoms. The van der Waals surface area contributed by atoms with Gasteiger partial charge in [-0.15, -0.1) is 4.13 Å². The smallest absolute Gasteiger partial charge is 0.226 e. The summed E-state index contributed by atoms with van der Waals surface area (Å²) in [5, 5.41) is 0. The molecule has 0 aromatic heterocycles. The van der Waals surface area contributed by atoms with Crippen LogP contribution in [0.2, 0.25) is 0 Å². The molecule has 1 saturated carbocycles. The highest BCUT2D eigenvalue weighted by atomic mass is 32.3. The van der Waals surface area contributed by atoms with E-state index in [-0.39, 0.29) is 18.5 Å². The van der Waals surface area contributed by atoms with Gasteiger partial charge in [-0.3, -0.25) is 0 Å². The molecule has 0 aliphatic heterocycles. The van der Waals surface area contributed by atoms with E-state index in [4.69, 9.17) is 4.74 Å². The largest absolute Gasteiger partial charge is 0.377 e. The monoisotopic (exact) mass is 285 g/mol. The second-order valence-electron chi connectivity index (χ2n) is 4.31. The van der Waals surface area contributed by atoms with Crippen LogP contribution in [0.5, 0.6) is 0 Å². The Labute approximate surface area is 103 Å². The molecule has 1 rings (SSSR count). The van der Waals surface area contributed by atoms with Crippen LogP contribution in [0.4, 0.5) is 0 Å². The maximum absolute atomic E-state index is 11.3. The Morgan fingerprint density at radius 1 is 1.12 bits per heavy atom. The minimum atomic E-state index is -3.80. The van der Waals surface area contributed by atoms with Gasteiger partial charge in [0.1, 0.15) is 0 Å². The first-order valence-electron chi connectivity index (χ1n) is 5.61. The average molecular weight is 285 g/mol. The van der Waals surface area contributed by atoms with Gasteiger partial charge in [0.25, 0.3) is 0 Å². The Bertz CT molecular complexity index is 422. The molecule has 1 aliphatic rings. The molecule has 0 spiro atoms. The third-order valence-corrected chi connectivity index (χ3v) is 5.47. The average Bonchev–Trinajstić information content (AvgIpc) is 2.15. The molecule has 102 valence electrons.